The lowest BCUT2D eigenvalue weighted by Crippen LogP contribution is -2.42. The van der Waals surface area contributed by atoms with Crippen molar-refractivity contribution in [2.75, 3.05) is 23.4 Å². The fraction of sp³-hybridized carbons (Fsp3) is 0.652. The normalized spacial score (nSPS) is 19.3. The van der Waals surface area contributed by atoms with Crippen molar-refractivity contribution in [3.8, 4) is 5.75 Å². The fourth-order valence-electron chi connectivity index (χ4n) is 4.02. The summed E-state index contributed by atoms with van der Waals surface area (Å²) in [5.41, 5.74) is 0.949. The summed E-state index contributed by atoms with van der Waals surface area (Å²) in [6, 6.07) is 5.64. The van der Waals surface area contributed by atoms with E-state index in [0.717, 1.165) is 30.6 Å². The van der Waals surface area contributed by atoms with Gasteiger partial charge in [-0.2, -0.15) is 0 Å². The van der Waals surface area contributed by atoms with Crippen LogP contribution in [0.5, 0.6) is 5.75 Å². The molecule has 2 amide bonds. The third kappa shape index (κ3) is 4.86. The monoisotopic (exact) mass is 386 g/mol. The molecule has 1 N–H and O–H groups in total. The lowest BCUT2D eigenvalue weighted by molar-refractivity contribution is -0.127. The van der Waals surface area contributed by atoms with Crippen LogP contribution < -0.4 is 15.0 Å². The number of anilines is 2. The average Bonchev–Trinajstić information content (AvgIpc) is 3.10. The van der Waals surface area contributed by atoms with Gasteiger partial charge in [0, 0.05) is 24.7 Å². The minimum Gasteiger partial charge on any atom is -0.490 e. The molecular weight excluding hydrogens is 352 g/mol. The van der Waals surface area contributed by atoms with Gasteiger partial charge in [0.2, 0.25) is 11.8 Å². The van der Waals surface area contributed by atoms with E-state index in [9.17, 15) is 9.59 Å². The van der Waals surface area contributed by atoms with Crippen molar-refractivity contribution in [2.45, 2.75) is 66.2 Å². The van der Waals surface area contributed by atoms with Gasteiger partial charge in [0.1, 0.15) is 12.4 Å². The maximum Gasteiger partial charge on any atom is 0.236 e. The summed E-state index contributed by atoms with van der Waals surface area (Å²) in [5, 5.41) is 3.01. The van der Waals surface area contributed by atoms with Gasteiger partial charge in [-0.05, 0) is 57.1 Å². The second kappa shape index (κ2) is 8.54. The van der Waals surface area contributed by atoms with Crippen LogP contribution in [0, 0.1) is 17.3 Å². The first-order chi connectivity index (χ1) is 13.3. The van der Waals surface area contributed by atoms with E-state index in [1.165, 1.54) is 12.8 Å². The van der Waals surface area contributed by atoms with Crippen molar-refractivity contribution in [3.63, 3.8) is 0 Å². The molecule has 1 saturated carbocycles. The van der Waals surface area contributed by atoms with Gasteiger partial charge in [0.05, 0.1) is 11.1 Å². The Morgan fingerprint density at radius 3 is 2.68 bits per heavy atom. The Labute approximate surface area is 168 Å². The maximum atomic E-state index is 13.1. The van der Waals surface area contributed by atoms with Gasteiger partial charge in [0.15, 0.2) is 0 Å². The van der Waals surface area contributed by atoms with Crippen LogP contribution in [-0.4, -0.2) is 25.0 Å². The lowest BCUT2D eigenvalue weighted by Gasteiger charge is -2.28. The van der Waals surface area contributed by atoms with Gasteiger partial charge in [0.25, 0.3) is 0 Å². The van der Waals surface area contributed by atoms with Crippen LogP contribution in [0.15, 0.2) is 18.2 Å². The van der Waals surface area contributed by atoms with Gasteiger partial charge in [-0.25, -0.2) is 0 Å². The van der Waals surface area contributed by atoms with E-state index < -0.39 is 5.41 Å². The number of carbonyl (C=O) groups excluding carboxylic acids is 2. The molecule has 0 spiro atoms. The topological polar surface area (TPSA) is 58.6 Å². The van der Waals surface area contributed by atoms with E-state index in [-0.39, 0.29) is 11.8 Å². The fourth-order valence-corrected chi connectivity index (χ4v) is 4.02. The van der Waals surface area contributed by atoms with Crippen LogP contribution in [0.1, 0.15) is 66.2 Å². The number of nitrogens with one attached hydrogen (secondary N) is 1. The van der Waals surface area contributed by atoms with Crippen LogP contribution in [0.4, 0.5) is 11.4 Å². The Kier molecular flexibility index (Phi) is 6.31. The van der Waals surface area contributed by atoms with Crippen LogP contribution >= 0.6 is 0 Å². The Morgan fingerprint density at radius 2 is 2.00 bits per heavy atom. The molecule has 0 unspecified atom stereocenters. The third-order valence-corrected chi connectivity index (χ3v) is 5.83. The van der Waals surface area contributed by atoms with Crippen molar-refractivity contribution < 1.29 is 14.3 Å². The van der Waals surface area contributed by atoms with Crippen molar-refractivity contribution in [3.05, 3.63) is 18.2 Å². The number of nitrogens with zero attached hydrogens (tertiary/aromatic N) is 1. The molecule has 0 bridgehead atoms. The molecule has 28 heavy (non-hydrogen) atoms. The first-order valence-corrected chi connectivity index (χ1v) is 10.6. The van der Waals surface area contributed by atoms with Crippen molar-refractivity contribution >= 4 is 23.2 Å². The average molecular weight is 387 g/mol. The van der Waals surface area contributed by atoms with E-state index in [0.29, 0.717) is 37.2 Å². The SMILES string of the molecule is CC(C)CCN1C(=O)C(C)(C)COc2cc(NC(=O)CC3CCCC3)ccc21. The molecule has 0 saturated heterocycles. The van der Waals surface area contributed by atoms with Crippen LogP contribution in [0.2, 0.25) is 0 Å². The zero-order valence-corrected chi connectivity index (χ0v) is 17.7. The number of fused-ring (bicyclic) bond motifs is 1. The van der Waals surface area contributed by atoms with Crippen LogP contribution in [0.3, 0.4) is 0 Å². The Morgan fingerprint density at radius 1 is 1.29 bits per heavy atom. The van der Waals surface area contributed by atoms with Gasteiger partial charge < -0.3 is 15.0 Å². The Bertz CT molecular complexity index is 721. The minimum absolute atomic E-state index is 0.0635. The number of ether oxygens (including phenoxy) is 1. The second-order valence-corrected chi connectivity index (χ2v) is 9.40. The van der Waals surface area contributed by atoms with E-state index in [1.807, 2.05) is 36.9 Å². The quantitative estimate of drug-likeness (QED) is 0.748. The lowest BCUT2D eigenvalue weighted by atomic mass is 9.92. The predicted octanol–water partition coefficient (Wildman–Crippen LogP) is 5.00. The summed E-state index contributed by atoms with van der Waals surface area (Å²) in [7, 11) is 0. The van der Waals surface area contributed by atoms with E-state index >= 15 is 0 Å². The molecule has 5 nitrogen and oxygen atoms in total. The van der Waals surface area contributed by atoms with Crippen molar-refractivity contribution in [2.24, 2.45) is 17.3 Å². The first kappa shape index (κ1) is 20.7. The summed E-state index contributed by atoms with van der Waals surface area (Å²) in [6.45, 7) is 9.17. The zero-order chi connectivity index (χ0) is 20.3. The van der Waals surface area contributed by atoms with Crippen LogP contribution in [0.25, 0.3) is 0 Å². The molecular formula is C23H34N2O3. The van der Waals surface area contributed by atoms with Crippen molar-refractivity contribution in [1.29, 1.82) is 0 Å². The minimum atomic E-state index is -0.581. The molecule has 0 atom stereocenters. The molecule has 1 aromatic rings. The highest BCUT2D eigenvalue weighted by molar-refractivity contribution is 6.00. The molecule has 1 aliphatic carbocycles. The number of benzene rings is 1. The van der Waals surface area contributed by atoms with Gasteiger partial charge >= 0.3 is 0 Å². The van der Waals surface area contributed by atoms with E-state index in [4.69, 9.17) is 4.74 Å². The first-order valence-electron chi connectivity index (χ1n) is 10.6. The van der Waals surface area contributed by atoms with Gasteiger partial charge in [-0.3, -0.25) is 9.59 Å². The summed E-state index contributed by atoms with van der Waals surface area (Å²) < 4.78 is 6.01. The number of hydrogen-bond acceptors (Lipinski definition) is 3. The number of hydrogen-bond donors (Lipinski definition) is 1. The second-order valence-electron chi connectivity index (χ2n) is 9.40. The predicted molar refractivity (Wildman–Crippen MR) is 113 cm³/mol. The smallest absolute Gasteiger partial charge is 0.236 e. The molecule has 1 heterocycles. The van der Waals surface area contributed by atoms with Gasteiger partial charge in [-0.15, -0.1) is 0 Å². The highest BCUT2D eigenvalue weighted by Gasteiger charge is 2.37. The molecule has 1 fully saturated rings. The molecule has 2 aliphatic rings. The summed E-state index contributed by atoms with van der Waals surface area (Å²) in [5.74, 6) is 1.85. The number of amides is 2. The van der Waals surface area contributed by atoms with Crippen molar-refractivity contribution in [1.82, 2.24) is 0 Å². The highest BCUT2D eigenvalue weighted by Crippen LogP contribution is 2.38. The third-order valence-electron chi connectivity index (χ3n) is 5.83. The zero-order valence-electron chi connectivity index (χ0n) is 17.7. The molecule has 3 rings (SSSR count). The summed E-state index contributed by atoms with van der Waals surface area (Å²) >= 11 is 0. The number of carbonyl (C=O) groups is 2. The summed E-state index contributed by atoms with van der Waals surface area (Å²) in [6.07, 6.45) is 6.30. The Hall–Kier alpha value is -2.04. The largest absolute Gasteiger partial charge is 0.490 e. The Balaban J connectivity index is 1.77. The molecule has 154 valence electrons. The molecule has 1 aliphatic heterocycles. The highest BCUT2D eigenvalue weighted by atomic mass is 16.5. The maximum absolute atomic E-state index is 13.1. The molecule has 0 aromatic heterocycles. The summed E-state index contributed by atoms with van der Waals surface area (Å²) in [4.78, 5) is 27.3. The molecule has 1 aromatic carbocycles. The van der Waals surface area contributed by atoms with Crippen LogP contribution in [-0.2, 0) is 9.59 Å². The number of rotatable bonds is 6. The standard InChI is InChI=1S/C23H34N2O3/c1-16(2)11-12-25-19-10-9-18(24-21(26)13-17-7-5-6-8-17)14-20(19)28-15-23(3,4)22(25)27/h9-10,14,16-17H,5-8,11-13,15H2,1-4H3,(H,24,26). The molecule has 5 heteroatoms. The van der Waals surface area contributed by atoms with E-state index in [1.54, 1.807) is 0 Å². The molecule has 0 radical (unpaired) electrons. The van der Waals surface area contributed by atoms with E-state index in [2.05, 4.69) is 19.2 Å². The van der Waals surface area contributed by atoms with Gasteiger partial charge in [-0.1, -0.05) is 26.7 Å².